The molecule has 2 aliphatic heterocycles. The summed E-state index contributed by atoms with van der Waals surface area (Å²) in [4.78, 5) is 11.3. The number of rotatable bonds is 5. The Labute approximate surface area is 135 Å². The number of unbranched alkanes of at least 4 members (excludes halogenated alkanes) is 2. The molecular weight excluding hydrogens is 286 g/mol. The molecule has 0 atom stereocenters. The summed E-state index contributed by atoms with van der Waals surface area (Å²) in [6.07, 6.45) is 6.65. The Balaban J connectivity index is 1.79. The fourth-order valence-corrected chi connectivity index (χ4v) is 3.21. The minimum Gasteiger partial charge on any atom is -0.452 e. The Morgan fingerprint density at radius 2 is 2.09 bits per heavy atom. The fourth-order valence-electron chi connectivity index (χ4n) is 3.21. The van der Waals surface area contributed by atoms with Crippen molar-refractivity contribution in [3.63, 3.8) is 0 Å². The van der Waals surface area contributed by atoms with E-state index in [2.05, 4.69) is 34.9 Å². The van der Waals surface area contributed by atoms with Crippen LogP contribution in [-0.4, -0.2) is 15.0 Å². The normalized spacial score (nSPS) is 11.7. The van der Waals surface area contributed by atoms with Crippen molar-refractivity contribution in [3.05, 3.63) is 41.7 Å². The number of nitrogens with zero attached hydrogens (tertiary/aromatic N) is 1. The second kappa shape index (κ2) is 5.61. The first-order chi connectivity index (χ1) is 11.3. The van der Waals surface area contributed by atoms with Crippen LogP contribution in [0.2, 0.25) is 0 Å². The van der Waals surface area contributed by atoms with Crippen LogP contribution in [0, 0.1) is 6.92 Å². The van der Waals surface area contributed by atoms with Crippen LogP contribution >= 0.6 is 0 Å². The standard InChI is InChI=1S/C19H21N3O/c1-3-4-5-7-13-12(2)21-17-10-16-18(23-19(13)17)11-15(22-16)14-8-6-9-20-14/h6,8-11,20-21H,3-5,7H2,1-2H3. The Morgan fingerprint density at radius 1 is 1.17 bits per heavy atom. The number of H-pyrrole nitrogens is 2. The summed E-state index contributed by atoms with van der Waals surface area (Å²) >= 11 is 0. The maximum atomic E-state index is 6.20. The van der Waals surface area contributed by atoms with Crippen molar-refractivity contribution in [2.45, 2.75) is 39.5 Å². The molecule has 0 saturated carbocycles. The number of hydrogen-bond acceptors (Lipinski definition) is 2. The zero-order chi connectivity index (χ0) is 15.8. The van der Waals surface area contributed by atoms with E-state index in [-0.39, 0.29) is 0 Å². The number of aryl methyl sites for hydroxylation is 2. The van der Waals surface area contributed by atoms with Gasteiger partial charge in [-0.05, 0) is 38.0 Å². The molecule has 0 amide bonds. The van der Waals surface area contributed by atoms with Crippen molar-refractivity contribution >= 4 is 11.1 Å². The molecule has 0 bridgehead atoms. The summed E-state index contributed by atoms with van der Waals surface area (Å²) in [6.45, 7) is 4.35. The number of aromatic amines is 2. The molecule has 0 fully saturated rings. The third-order valence-corrected chi connectivity index (χ3v) is 4.45. The van der Waals surface area contributed by atoms with Crippen molar-refractivity contribution in [2.24, 2.45) is 0 Å². The zero-order valence-corrected chi connectivity index (χ0v) is 13.6. The van der Waals surface area contributed by atoms with Gasteiger partial charge in [-0.25, -0.2) is 4.98 Å². The lowest BCUT2D eigenvalue weighted by atomic mass is 10.1. The van der Waals surface area contributed by atoms with Crippen molar-refractivity contribution in [1.29, 1.82) is 0 Å². The summed E-state index contributed by atoms with van der Waals surface area (Å²) < 4.78 is 6.20. The molecule has 0 radical (unpaired) electrons. The SMILES string of the molecule is CCCCCc1c(C)[nH]c2cc3nc(-c4ccc[nH]4)cc-3oc12. The average Bonchev–Trinajstić information content (AvgIpc) is 3.24. The molecule has 0 aromatic carbocycles. The van der Waals surface area contributed by atoms with Crippen LogP contribution in [0.4, 0.5) is 0 Å². The lowest BCUT2D eigenvalue weighted by Crippen LogP contribution is -1.87. The van der Waals surface area contributed by atoms with E-state index in [1.807, 2.05) is 24.4 Å². The Hall–Kier alpha value is -2.49. The maximum absolute atomic E-state index is 6.20. The van der Waals surface area contributed by atoms with Crippen molar-refractivity contribution in [2.75, 3.05) is 0 Å². The zero-order valence-electron chi connectivity index (χ0n) is 13.6. The predicted octanol–water partition coefficient (Wildman–Crippen LogP) is 5.30. The van der Waals surface area contributed by atoms with Gasteiger partial charge in [0.25, 0.3) is 0 Å². The number of fused-ring (bicyclic) bond motifs is 2. The third kappa shape index (κ3) is 2.44. The molecule has 118 valence electrons. The lowest BCUT2D eigenvalue weighted by Gasteiger charge is -2.01. The van der Waals surface area contributed by atoms with Crippen LogP contribution in [0.1, 0.15) is 37.4 Å². The molecule has 4 nitrogen and oxygen atoms in total. The summed E-state index contributed by atoms with van der Waals surface area (Å²) in [5, 5.41) is 0. The molecule has 2 aliphatic rings. The van der Waals surface area contributed by atoms with Crippen LogP contribution in [0.5, 0.6) is 0 Å². The smallest absolute Gasteiger partial charge is 0.155 e. The van der Waals surface area contributed by atoms with E-state index in [4.69, 9.17) is 4.42 Å². The second-order valence-corrected chi connectivity index (χ2v) is 6.15. The highest BCUT2D eigenvalue weighted by Gasteiger charge is 2.18. The van der Waals surface area contributed by atoms with Gasteiger partial charge in [0.1, 0.15) is 5.69 Å². The van der Waals surface area contributed by atoms with Gasteiger partial charge < -0.3 is 14.4 Å². The quantitative estimate of drug-likeness (QED) is 0.492. The third-order valence-electron chi connectivity index (χ3n) is 4.45. The number of hydrogen-bond donors (Lipinski definition) is 2. The molecular formula is C19H21N3O. The van der Waals surface area contributed by atoms with Gasteiger partial charge in [0.15, 0.2) is 11.3 Å². The molecule has 0 aliphatic carbocycles. The van der Waals surface area contributed by atoms with E-state index in [0.717, 1.165) is 40.4 Å². The first-order valence-electron chi connectivity index (χ1n) is 8.31. The fraction of sp³-hybridized carbons (Fsp3) is 0.316. The monoisotopic (exact) mass is 307 g/mol. The first kappa shape index (κ1) is 14.1. The molecule has 0 saturated heterocycles. The highest BCUT2D eigenvalue weighted by molar-refractivity contribution is 5.84. The van der Waals surface area contributed by atoms with Gasteiger partial charge in [-0.1, -0.05) is 19.8 Å². The summed E-state index contributed by atoms with van der Waals surface area (Å²) in [5.41, 5.74) is 7.36. The minimum absolute atomic E-state index is 0.845. The van der Waals surface area contributed by atoms with Gasteiger partial charge in [-0.2, -0.15) is 0 Å². The topological polar surface area (TPSA) is 57.6 Å². The predicted molar refractivity (Wildman–Crippen MR) is 92.7 cm³/mol. The van der Waals surface area contributed by atoms with Crippen LogP contribution in [-0.2, 0) is 6.42 Å². The molecule has 4 heteroatoms. The molecule has 0 spiro atoms. The van der Waals surface area contributed by atoms with E-state index in [9.17, 15) is 0 Å². The van der Waals surface area contributed by atoms with Crippen LogP contribution in [0.25, 0.3) is 33.9 Å². The van der Waals surface area contributed by atoms with Gasteiger partial charge in [-0.3, -0.25) is 0 Å². The molecule has 2 N–H and O–H groups in total. The Bertz CT molecular complexity index is 899. The van der Waals surface area contributed by atoms with Crippen molar-refractivity contribution in [1.82, 2.24) is 15.0 Å². The van der Waals surface area contributed by atoms with Gasteiger partial charge in [-0.15, -0.1) is 0 Å². The van der Waals surface area contributed by atoms with E-state index < -0.39 is 0 Å². The molecule has 2 aromatic rings. The average molecular weight is 307 g/mol. The summed E-state index contributed by atoms with van der Waals surface area (Å²) in [5.74, 6) is 0.845. The second-order valence-electron chi connectivity index (χ2n) is 6.15. The summed E-state index contributed by atoms with van der Waals surface area (Å²) in [7, 11) is 0. The van der Waals surface area contributed by atoms with Crippen molar-refractivity contribution in [3.8, 4) is 22.8 Å². The van der Waals surface area contributed by atoms with E-state index in [1.165, 1.54) is 30.5 Å². The molecule has 4 heterocycles. The van der Waals surface area contributed by atoms with Gasteiger partial charge >= 0.3 is 0 Å². The lowest BCUT2D eigenvalue weighted by molar-refractivity contribution is 0.612. The van der Waals surface area contributed by atoms with Crippen LogP contribution in [0.15, 0.2) is 34.9 Å². The first-order valence-corrected chi connectivity index (χ1v) is 8.31. The highest BCUT2D eigenvalue weighted by Crippen LogP contribution is 2.34. The number of nitrogens with one attached hydrogen (secondary N) is 2. The summed E-state index contributed by atoms with van der Waals surface area (Å²) in [6, 6.07) is 8.11. The van der Waals surface area contributed by atoms with Crippen LogP contribution in [0.3, 0.4) is 0 Å². The van der Waals surface area contributed by atoms with E-state index in [1.54, 1.807) is 0 Å². The van der Waals surface area contributed by atoms with E-state index >= 15 is 0 Å². The Morgan fingerprint density at radius 3 is 2.87 bits per heavy atom. The van der Waals surface area contributed by atoms with Crippen molar-refractivity contribution < 1.29 is 4.42 Å². The molecule has 23 heavy (non-hydrogen) atoms. The largest absolute Gasteiger partial charge is 0.452 e. The molecule has 0 unspecified atom stereocenters. The number of aromatic nitrogens is 3. The van der Waals surface area contributed by atoms with Crippen LogP contribution < -0.4 is 0 Å². The highest BCUT2D eigenvalue weighted by atomic mass is 16.3. The van der Waals surface area contributed by atoms with Gasteiger partial charge in [0.05, 0.1) is 16.9 Å². The maximum Gasteiger partial charge on any atom is 0.155 e. The Kier molecular flexibility index (Phi) is 3.45. The molecule has 4 rings (SSSR count). The van der Waals surface area contributed by atoms with E-state index in [0.29, 0.717) is 0 Å². The minimum atomic E-state index is 0.845. The molecule has 2 aromatic heterocycles. The van der Waals surface area contributed by atoms with Gasteiger partial charge in [0, 0.05) is 23.5 Å². The van der Waals surface area contributed by atoms with Gasteiger partial charge in [0.2, 0.25) is 0 Å².